The summed E-state index contributed by atoms with van der Waals surface area (Å²) in [7, 11) is 0. The molecule has 0 aliphatic carbocycles. The lowest BCUT2D eigenvalue weighted by molar-refractivity contribution is 0.00518. The zero-order valence-corrected chi connectivity index (χ0v) is 15.4. The molecule has 2 unspecified atom stereocenters. The molecule has 0 bridgehead atoms. The molecule has 4 nitrogen and oxygen atoms in total. The Morgan fingerprint density at radius 3 is 1.96 bits per heavy atom. The van der Waals surface area contributed by atoms with Crippen LogP contribution in [-0.2, 0) is 9.47 Å². The highest BCUT2D eigenvalue weighted by Crippen LogP contribution is 2.16. The van der Waals surface area contributed by atoms with Crippen LogP contribution >= 0.6 is 23.2 Å². The van der Waals surface area contributed by atoms with Crippen molar-refractivity contribution in [2.45, 2.75) is 20.0 Å². The smallest absolute Gasteiger partial charge is 0.338 e. The predicted molar refractivity (Wildman–Crippen MR) is 97.2 cm³/mol. The first kappa shape index (κ1) is 19.3. The molecule has 0 saturated carbocycles. The van der Waals surface area contributed by atoms with E-state index < -0.39 is 18.0 Å². The van der Waals surface area contributed by atoms with E-state index in [0.717, 1.165) is 0 Å². The van der Waals surface area contributed by atoms with E-state index in [1.54, 1.807) is 49.4 Å². The fourth-order valence-electron chi connectivity index (χ4n) is 2.01. The van der Waals surface area contributed by atoms with Crippen LogP contribution in [0.4, 0.5) is 0 Å². The van der Waals surface area contributed by atoms with Gasteiger partial charge in [0, 0.05) is 16.0 Å². The Bertz CT molecular complexity index is 761. The first-order valence-corrected chi connectivity index (χ1v) is 8.51. The lowest BCUT2D eigenvalue weighted by atomic mass is 10.1. The highest BCUT2D eigenvalue weighted by molar-refractivity contribution is 6.31. The first-order chi connectivity index (χ1) is 11.9. The molecule has 6 heteroatoms. The van der Waals surface area contributed by atoms with Gasteiger partial charge >= 0.3 is 11.9 Å². The van der Waals surface area contributed by atoms with Crippen LogP contribution in [0.3, 0.4) is 0 Å². The summed E-state index contributed by atoms with van der Waals surface area (Å²) in [4.78, 5) is 24.1. The first-order valence-electron chi connectivity index (χ1n) is 7.76. The SMILES string of the molecule is CC(COC(=O)c1cccc(Cl)c1)C(C)OC(=O)c1cccc(Cl)c1. The molecule has 0 heterocycles. The largest absolute Gasteiger partial charge is 0.462 e. The monoisotopic (exact) mass is 380 g/mol. The van der Waals surface area contributed by atoms with Gasteiger partial charge in [-0.25, -0.2) is 9.59 Å². The summed E-state index contributed by atoms with van der Waals surface area (Å²) in [6.45, 7) is 3.71. The normalized spacial score (nSPS) is 13.0. The number of benzene rings is 2. The third kappa shape index (κ3) is 5.76. The molecule has 0 aliphatic heterocycles. The maximum Gasteiger partial charge on any atom is 0.338 e. The highest BCUT2D eigenvalue weighted by atomic mass is 35.5. The van der Waals surface area contributed by atoms with Gasteiger partial charge in [0.05, 0.1) is 17.7 Å². The molecule has 25 heavy (non-hydrogen) atoms. The van der Waals surface area contributed by atoms with E-state index in [1.807, 2.05) is 6.92 Å². The molecule has 0 amide bonds. The van der Waals surface area contributed by atoms with Crippen LogP contribution in [0.15, 0.2) is 48.5 Å². The van der Waals surface area contributed by atoms with Crippen LogP contribution in [0.2, 0.25) is 10.0 Å². The summed E-state index contributed by atoms with van der Waals surface area (Å²) in [5.74, 6) is -1.11. The summed E-state index contributed by atoms with van der Waals surface area (Å²) in [6, 6.07) is 13.1. The maximum absolute atomic E-state index is 12.1. The number of rotatable bonds is 6. The number of ether oxygens (including phenoxy) is 2. The topological polar surface area (TPSA) is 52.6 Å². The van der Waals surface area contributed by atoms with Gasteiger partial charge in [0.2, 0.25) is 0 Å². The van der Waals surface area contributed by atoms with Crippen LogP contribution in [0.5, 0.6) is 0 Å². The molecule has 132 valence electrons. The highest BCUT2D eigenvalue weighted by Gasteiger charge is 2.20. The average Bonchev–Trinajstić information content (AvgIpc) is 2.59. The summed E-state index contributed by atoms with van der Waals surface area (Å²) in [5.41, 5.74) is 0.755. The van der Waals surface area contributed by atoms with E-state index in [4.69, 9.17) is 32.7 Å². The standard InChI is InChI=1S/C19H18Cl2O4/c1-12(11-24-18(22)14-5-3-7-16(20)9-14)13(2)25-19(23)15-6-4-8-17(21)10-15/h3-10,12-13H,11H2,1-2H3. The van der Waals surface area contributed by atoms with E-state index in [1.165, 1.54) is 6.07 Å². The van der Waals surface area contributed by atoms with Gasteiger partial charge in [-0.1, -0.05) is 42.3 Å². The van der Waals surface area contributed by atoms with Crippen molar-refractivity contribution in [2.24, 2.45) is 5.92 Å². The van der Waals surface area contributed by atoms with Crippen LogP contribution in [0, 0.1) is 5.92 Å². The molecular weight excluding hydrogens is 363 g/mol. The second kappa shape index (κ2) is 8.88. The van der Waals surface area contributed by atoms with E-state index in [9.17, 15) is 9.59 Å². The van der Waals surface area contributed by atoms with Gasteiger partial charge in [0.15, 0.2) is 0 Å². The number of esters is 2. The number of carbonyl (C=O) groups excluding carboxylic acids is 2. The van der Waals surface area contributed by atoms with Crippen molar-refractivity contribution in [3.63, 3.8) is 0 Å². The molecule has 0 radical (unpaired) electrons. The van der Waals surface area contributed by atoms with Gasteiger partial charge in [0.25, 0.3) is 0 Å². The second-order valence-electron chi connectivity index (χ2n) is 5.71. The zero-order valence-electron chi connectivity index (χ0n) is 13.9. The molecule has 0 fully saturated rings. The van der Waals surface area contributed by atoms with Gasteiger partial charge in [0.1, 0.15) is 6.10 Å². The zero-order chi connectivity index (χ0) is 18.4. The fraction of sp³-hybridized carbons (Fsp3) is 0.263. The Kier molecular flexibility index (Phi) is 6.85. The molecule has 0 aliphatic rings. The molecular formula is C19H18Cl2O4. The van der Waals surface area contributed by atoms with Crippen LogP contribution < -0.4 is 0 Å². The van der Waals surface area contributed by atoms with Gasteiger partial charge in [-0.3, -0.25) is 0 Å². The summed E-state index contributed by atoms with van der Waals surface area (Å²) in [5, 5.41) is 0.928. The van der Waals surface area contributed by atoms with Crippen molar-refractivity contribution < 1.29 is 19.1 Å². The molecule has 2 rings (SSSR count). The summed E-state index contributed by atoms with van der Waals surface area (Å²) in [6.07, 6.45) is -0.432. The van der Waals surface area contributed by atoms with Crippen LogP contribution in [0.1, 0.15) is 34.6 Å². The minimum atomic E-state index is -0.470. The number of carbonyl (C=O) groups is 2. The Morgan fingerprint density at radius 1 is 0.920 bits per heavy atom. The van der Waals surface area contributed by atoms with Crippen molar-refractivity contribution in [1.29, 1.82) is 0 Å². The Balaban J connectivity index is 1.86. The number of halogens is 2. The summed E-state index contributed by atoms with van der Waals surface area (Å²) >= 11 is 11.7. The van der Waals surface area contributed by atoms with E-state index in [2.05, 4.69) is 0 Å². The Hall–Kier alpha value is -2.04. The lowest BCUT2D eigenvalue weighted by Gasteiger charge is -2.20. The van der Waals surface area contributed by atoms with E-state index >= 15 is 0 Å². The molecule has 2 atom stereocenters. The second-order valence-corrected chi connectivity index (χ2v) is 6.58. The molecule has 0 spiro atoms. The molecule has 2 aromatic carbocycles. The van der Waals surface area contributed by atoms with Crippen molar-refractivity contribution in [1.82, 2.24) is 0 Å². The molecule has 0 aromatic heterocycles. The minimum absolute atomic E-state index is 0.120. The maximum atomic E-state index is 12.1. The van der Waals surface area contributed by atoms with Gasteiger partial charge in [-0.15, -0.1) is 0 Å². The van der Waals surface area contributed by atoms with Crippen molar-refractivity contribution in [2.75, 3.05) is 6.61 Å². The van der Waals surface area contributed by atoms with E-state index in [0.29, 0.717) is 21.2 Å². The number of hydrogen-bond acceptors (Lipinski definition) is 4. The third-order valence-electron chi connectivity index (χ3n) is 3.69. The third-order valence-corrected chi connectivity index (χ3v) is 4.16. The number of hydrogen-bond donors (Lipinski definition) is 0. The average molecular weight is 381 g/mol. The lowest BCUT2D eigenvalue weighted by Crippen LogP contribution is -2.26. The Labute approximate surface area is 156 Å². The van der Waals surface area contributed by atoms with Crippen LogP contribution in [0.25, 0.3) is 0 Å². The summed E-state index contributed by atoms with van der Waals surface area (Å²) < 4.78 is 10.7. The Morgan fingerprint density at radius 2 is 1.44 bits per heavy atom. The van der Waals surface area contributed by atoms with Crippen molar-refractivity contribution in [3.8, 4) is 0 Å². The van der Waals surface area contributed by atoms with Crippen molar-refractivity contribution >= 4 is 35.1 Å². The van der Waals surface area contributed by atoms with Gasteiger partial charge in [-0.05, 0) is 43.3 Å². The van der Waals surface area contributed by atoms with Gasteiger partial charge < -0.3 is 9.47 Å². The molecule has 0 N–H and O–H groups in total. The molecule has 2 aromatic rings. The predicted octanol–water partition coefficient (Wildman–Crippen LogP) is 5.03. The van der Waals surface area contributed by atoms with Crippen LogP contribution in [-0.4, -0.2) is 24.6 Å². The quantitative estimate of drug-likeness (QED) is 0.659. The van der Waals surface area contributed by atoms with Gasteiger partial charge in [-0.2, -0.15) is 0 Å². The fourth-order valence-corrected chi connectivity index (χ4v) is 2.39. The minimum Gasteiger partial charge on any atom is -0.462 e. The van der Waals surface area contributed by atoms with Crippen molar-refractivity contribution in [3.05, 3.63) is 69.7 Å². The van der Waals surface area contributed by atoms with E-state index in [-0.39, 0.29) is 12.5 Å². The molecule has 0 saturated heterocycles.